The number of hydrogen-bond acceptors (Lipinski definition) is 4. The van der Waals surface area contributed by atoms with Crippen molar-refractivity contribution in [3.63, 3.8) is 0 Å². The molecule has 0 spiro atoms. The molecule has 29 heavy (non-hydrogen) atoms. The quantitative estimate of drug-likeness (QED) is 0.451. The lowest BCUT2D eigenvalue weighted by Gasteiger charge is -2.37. The number of fused-ring (bicyclic) bond motifs is 1. The Morgan fingerprint density at radius 1 is 1.14 bits per heavy atom. The minimum Gasteiger partial charge on any atom is -0.375 e. The largest absolute Gasteiger partial charge is 0.375 e. The summed E-state index contributed by atoms with van der Waals surface area (Å²) in [4.78, 5) is 9.86. The molecule has 2 atom stereocenters. The second kappa shape index (κ2) is 10.4. The molecule has 0 aliphatic carbocycles. The van der Waals surface area contributed by atoms with E-state index < -0.39 is 0 Å². The lowest BCUT2D eigenvalue weighted by atomic mass is 10.00. The number of ether oxygens (including phenoxy) is 2. The Kier molecular flexibility index (Phi) is 7.41. The van der Waals surface area contributed by atoms with E-state index in [4.69, 9.17) is 14.5 Å². The van der Waals surface area contributed by atoms with Crippen molar-refractivity contribution in [2.24, 2.45) is 4.99 Å². The first-order valence-corrected chi connectivity index (χ1v) is 11.4. The van der Waals surface area contributed by atoms with Crippen LogP contribution < -0.4 is 5.32 Å². The summed E-state index contributed by atoms with van der Waals surface area (Å²) < 4.78 is 11.9. The van der Waals surface area contributed by atoms with E-state index in [-0.39, 0.29) is 12.2 Å². The van der Waals surface area contributed by atoms with E-state index in [1.807, 2.05) is 0 Å². The summed E-state index contributed by atoms with van der Waals surface area (Å²) in [7, 11) is 0. The molecule has 3 aliphatic heterocycles. The number of guanidine groups is 1. The van der Waals surface area contributed by atoms with E-state index in [9.17, 15) is 0 Å². The van der Waals surface area contributed by atoms with E-state index in [2.05, 4.69) is 46.3 Å². The zero-order chi connectivity index (χ0) is 19.9. The third kappa shape index (κ3) is 5.50. The van der Waals surface area contributed by atoms with Crippen molar-refractivity contribution in [2.45, 2.75) is 51.4 Å². The molecule has 4 rings (SSSR count). The number of nitrogens with zero attached hydrogens (tertiary/aromatic N) is 3. The van der Waals surface area contributed by atoms with Crippen molar-refractivity contribution in [1.82, 2.24) is 15.1 Å². The Bertz CT molecular complexity index is 675. The van der Waals surface area contributed by atoms with Crippen LogP contribution in [0.1, 0.15) is 37.3 Å². The van der Waals surface area contributed by atoms with E-state index in [1.165, 1.54) is 17.5 Å². The molecule has 160 valence electrons. The zero-order valence-corrected chi connectivity index (χ0v) is 17.8. The summed E-state index contributed by atoms with van der Waals surface area (Å²) in [6.07, 6.45) is 4.95. The van der Waals surface area contributed by atoms with Crippen molar-refractivity contribution < 1.29 is 9.47 Å². The predicted octanol–water partition coefficient (Wildman–Crippen LogP) is 2.28. The summed E-state index contributed by atoms with van der Waals surface area (Å²) in [5.74, 6) is 1.03. The molecule has 1 aromatic carbocycles. The predicted molar refractivity (Wildman–Crippen MR) is 116 cm³/mol. The summed E-state index contributed by atoms with van der Waals surface area (Å²) in [5.41, 5.74) is 3.01. The highest BCUT2D eigenvalue weighted by Crippen LogP contribution is 2.21. The van der Waals surface area contributed by atoms with Crippen LogP contribution in [0.15, 0.2) is 29.3 Å². The average Bonchev–Trinajstić information content (AvgIpc) is 3.31. The third-order valence-electron chi connectivity index (χ3n) is 6.21. The average molecular weight is 401 g/mol. The van der Waals surface area contributed by atoms with E-state index in [0.717, 1.165) is 84.2 Å². The highest BCUT2D eigenvalue weighted by Gasteiger charge is 2.32. The van der Waals surface area contributed by atoms with Crippen LogP contribution in [0.2, 0.25) is 0 Å². The van der Waals surface area contributed by atoms with Gasteiger partial charge in [0.25, 0.3) is 0 Å². The molecule has 0 amide bonds. The van der Waals surface area contributed by atoms with Crippen LogP contribution >= 0.6 is 0 Å². The molecule has 2 saturated heterocycles. The van der Waals surface area contributed by atoms with Crippen LogP contribution in [0.4, 0.5) is 0 Å². The van der Waals surface area contributed by atoms with Crippen LogP contribution in [-0.2, 0) is 22.4 Å². The topological polar surface area (TPSA) is 49.3 Å². The van der Waals surface area contributed by atoms with Gasteiger partial charge in [0, 0.05) is 52.4 Å². The fourth-order valence-corrected chi connectivity index (χ4v) is 4.64. The lowest BCUT2D eigenvalue weighted by Crippen LogP contribution is -2.53. The Morgan fingerprint density at radius 2 is 2.00 bits per heavy atom. The maximum absolute atomic E-state index is 6.00. The molecule has 0 bridgehead atoms. The standard InChI is InChI=1S/C23H36N4O2/c1-2-24-23(27-14-16-29-22(18-27)21-9-5-15-28-21)25-11-6-12-26-13-10-19-7-3-4-8-20(19)17-26/h3-4,7-8,21-22H,2,5-6,9-18H2,1H3,(H,24,25). The summed E-state index contributed by atoms with van der Waals surface area (Å²) in [5, 5.41) is 3.48. The van der Waals surface area contributed by atoms with Gasteiger partial charge in [-0.05, 0) is 43.7 Å². The van der Waals surface area contributed by atoms with E-state index >= 15 is 0 Å². The molecule has 2 fully saturated rings. The molecule has 6 nitrogen and oxygen atoms in total. The Labute approximate surface area is 175 Å². The normalized spacial score (nSPS) is 25.8. The van der Waals surface area contributed by atoms with Crippen molar-refractivity contribution in [1.29, 1.82) is 0 Å². The molecule has 6 heteroatoms. The molecular weight excluding hydrogens is 364 g/mol. The van der Waals surface area contributed by atoms with Gasteiger partial charge in [0.1, 0.15) is 6.10 Å². The van der Waals surface area contributed by atoms with Crippen LogP contribution in [0.5, 0.6) is 0 Å². The summed E-state index contributed by atoms with van der Waals surface area (Å²) >= 11 is 0. The van der Waals surface area contributed by atoms with Crippen molar-refractivity contribution in [3.8, 4) is 0 Å². The smallest absolute Gasteiger partial charge is 0.194 e. The van der Waals surface area contributed by atoms with Gasteiger partial charge in [0.2, 0.25) is 0 Å². The van der Waals surface area contributed by atoms with Gasteiger partial charge in [0.05, 0.1) is 12.7 Å². The van der Waals surface area contributed by atoms with Gasteiger partial charge in [0.15, 0.2) is 5.96 Å². The molecule has 3 heterocycles. The Hall–Kier alpha value is -1.63. The van der Waals surface area contributed by atoms with Crippen LogP contribution in [0, 0.1) is 0 Å². The fraction of sp³-hybridized carbons (Fsp3) is 0.696. The third-order valence-corrected chi connectivity index (χ3v) is 6.21. The molecule has 3 aliphatic rings. The summed E-state index contributed by atoms with van der Waals surface area (Å²) in [6, 6.07) is 8.85. The van der Waals surface area contributed by atoms with Gasteiger partial charge in [-0.2, -0.15) is 0 Å². The number of rotatable bonds is 6. The Balaban J connectivity index is 1.26. The van der Waals surface area contributed by atoms with Gasteiger partial charge in [-0.15, -0.1) is 0 Å². The monoisotopic (exact) mass is 400 g/mol. The molecule has 1 N–H and O–H groups in total. The van der Waals surface area contributed by atoms with E-state index in [0.29, 0.717) is 0 Å². The number of nitrogens with one attached hydrogen (secondary N) is 1. The maximum Gasteiger partial charge on any atom is 0.194 e. The highest BCUT2D eigenvalue weighted by atomic mass is 16.5. The van der Waals surface area contributed by atoms with Crippen molar-refractivity contribution in [3.05, 3.63) is 35.4 Å². The van der Waals surface area contributed by atoms with Gasteiger partial charge in [-0.3, -0.25) is 9.89 Å². The highest BCUT2D eigenvalue weighted by molar-refractivity contribution is 5.80. The molecule has 0 saturated carbocycles. The number of aliphatic imine (C=N–C) groups is 1. The first kappa shape index (κ1) is 20.6. The maximum atomic E-state index is 6.00. The minimum absolute atomic E-state index is 0.170. The second-order valence-electron chi connectivity index (χ2n) is 8.29. The molecule has 0 radical (unpaired) electrons. The molecule has 2 unspecified atom stereocenters. The first-order valence-electron chi connectivity index (χ1n) is 11.4. The SMILES string of the molecule is CCNC(=NCCCN1CCc2ccccc2C1)N1CCOC(C2CCCO2)C1. The van der Waals surface area contributed by atoms with Gasteiger partial charge in [-0.25, -0.2) is 0 Å². The van der Waals surface area contributed by atoms with Crippen LogP contribution in [0.25, 0.3) is 0 Å². The lowest BCUT2D eigenvalue weighted by molar-refractivity contribution is -0.0817. The number of benzene rings is 1. The van der Waals surface area contributed by atoms with Crippen molar-refractivity contribution >= 4 is 5.96 Å². The second-order valence-corrected chi connectivity index (χ2v) is 8.29. The molecular formula is C23H36N4O2. The van der Waals surface area contributed by atoms with Crippen molar-refractivity contribution in [2.75, 3.05) is 52.5 Å². The fourth-order valence-electron chi connectivity index (χ4n) is 4.64. The van der Waals surface area contributed by atoms with Crippen LogP contribution in [-0.4, -0.2) is 80.4 Å². The van der Waals surface area contributed by atoms with Gasteiger partial charge in [-0.1, -0.05) is 24.3 Å². The molecule has 0 aromatic heterocycles. The number of morpholine rings is 1. The first-order chi connectivity index (χ1) is 14.3. The van der Waals surface area contributed by atoms with Gasteiger partial charge < -0.3 is 19.7 Å². The zero-order valence-electron chi connectivity index (χ0n) is 17.8. The number of hydrogen-bond donors (Lipinski definition) is 1. The Morgan fingerprint density at radius 3 is 2.83 bits per heavy atom. The molecule has 1 aromatic rings. The summed E-state index contributed by atoms with van der Waals surface area (Å²) in [6.45, 7) is 10.6. The van der Waals surface area contributed by atoms with Gasteiger partial charge >= 0.3 is 0 Å². The van der Waals surface area contributed by atoms with Crippen LogP contribution in [0.3, 0.4) is 0 Å². The minimum atomic E-state index is 0.170. The van der Waals surface area contributed by atoms with E-state index in [1.54, 1.807) is 0 Å².